The van der Waals surface area contributed by atoms with E-state index < -0.39 is 0 Å². The highest BCUT2D eigenvalue weighted by Crippen LogP contribution is 2.20. The number of hydrogen-bond acceptors (Lipinski definition) is 5. The fraction of sp³-hybridized carbons (Fsp3) is 0. The maximum atomic E-state index is 10.8. The van der Waals surface area contributed by atoms with E-state index >= 15 is 0 Å². The van der Waals surface area contributed by atoms with Crippen LogP contribution in [0, 0.1) is 0 Å². The number of benzene rings is 1. The van der Waals surface area contributed by atoms with Crippen LogP contribution in [-0.2, 0) is 0 Å². The molecule has 0 unspecified atom stereocenters. The van der Waals surface area contributed by atoms with E-state index in [1.807, 2.05) is 41.1 Å². The van der Waals surface area contributed by atoms with Crippen LogP contribution in [0.25, 0.3) is 16.7 Å². The number of hydrazine groups is 1. The maximum Gasteiger partial charge on any atom is 0.152 e. The fourth-order valence-corrected chi connectivity index (χ4v) is 2.26. The van der Waals surface area contributed by atoms with Crippen LogP contribution in [0.3, 0.4) is 0 Å². The largest absolute Gasteiger partial charge is 0.382 e. The Morgan fingerprint density at radius 1 is 1.32 bits per heavy atom. The fourth-order valence-electron chi connectivity index (χ4n) is 2.26. The number of pyridine rings is 1. The van der Waals surface area contributed by atoms with Gasteiger partial charge in [-0.2, -0.15) is 0 Å². The van der Waals surface area contributed by atoms with Crippen molar-refractivity contribution in [3.63, 3.8) is 0 Å². The first-order chi connectivity index (χ1) is 10.7. The van der Waals surface area contributed by atoms with E-state index in [0.29, 0.717) is 5.56 Å². The van der Waals surface area contributed by atoms with E-state index in [1.165, 1.54) is 0 Å². The van der Waals surface area contributed by atoms with Gasteiger partial charge in [-0.05, 0) is 24.3 Å². The Morgan fingerprint density at radius 3 is 2.95 bits per heavy atom. The summed E-state index contributed by atoms with van der Waals surface area (Å²) in [5.41, 5.74) is 10.9. The van der Waals surface area contributed by atoms with Crippen LogP contribution in [0.1, 0.15) is 15.9 Å². The van der Waals surface area contributed by atoms with Crippen molar-refractivity contribution >= 4 is 23.2 Å². The molecule has 0 fully saturated rings. The van der Waals surface area contributed by atoms with Crippen molar-refractivity contribution in [1.29, 1.82) is 0 Å². The molecule has 0 bridgehead atoms. The highest BCUT2D eigenvalue weighted by atomic mass is 16.1. The van der Waals surface area contributed by atoms with Crippen LogP contribution in [0.2, 0.25) is 0 Å². The molecule has 0 aliphatic carbocycles. The van der Waals surface area contributed by atoms with Gasteiger partial charge in [-0.25, -0.2) is 16.4 Å². The van der Waals surface area contributed by atoms with Crippen LogP contribution in [0.5, 0.6) is 0 Å². The molecule has 22 heavy (non-hydrogen) atoms. The highest BCUT2D eigenvalue weighted by molar-refractivity contribution is 5.97. The minimum absolute atomic E-state index is 0.289. The lowest BCUT2D eigenvalue weighted by Gasteiger charge is -2.07. The van der Waals surface area contributed by atoms with Crippen LogP contribution in [0.4, 0.5) is 0 Å². The molecule has 0 saturated carbocycles. The van der Waals surface area contributed by atoms with Gasteiger partial charge < -0.3 is 10.3 Å². The van der Waals surface area contributed by atoms with E-state index in [9.17, 15) is 4.79 Å². The zero-order chi connectivity index (χ0) is 15.5. The van der Waals surface area contributed by atoms with E-state index in [0.717, 1.165) is 28.6 Å². The average molecular weight is 294 g/mol. The van der Waals surface area contributed by atoms with Gasteiger partial charge in [-0.1, -0.05) is 12.1 Å². The molecule has 0 atom stereocenters. The number of carbonyl (C=O) groups is 1. The topological polar surface area (TPSA) is 111 Å². The van der Waals surface area contributed by atoms with Crippen molar-refractivity contribution in [2.45, 2.75) is 0 Å². The molecule has 0 aliphatic heterocycles. The number of nitrogens with zero attached hydrogens (tertiary/aromatic N) is 3. The standard InChI is InChI=1S/C15H14N6O/c16-14(19-20-17)11-2-1-3-13(7-11)21-5-4-12-6-10(9-22)8-18-15(12)21/h1-9,20H,17H2,(H2,16,19). The summed E-state index contributed by atoms with van der Waals surface area (Å²) >= 11 is 0. The minimum atomic E-state index is 0.289. The summed E-state index contributed by atoms with van der Waals surface area (Å²) in [7, 11) is 0. The minimum Gasteiger partial charge on any atom is -0.382 e. The van der Waals surface area contributed by atoms with Crippen LogP contribution in [-0.4, -0.2) is 21.7 Å². The number of fused-ring (bicyclic) bond motifs is 1. The Hall–Kier alpha value is -3.19. The lowest BCUT2D eigenvalue weighted by atomic mass is 10.2. The second-order valence-corrected chi connectivity index (χ2v) is 4.66. The first kappa shape index (κ1) is 13.8. The molecule has 7 heteroatoms. The SMILES string of the molecule is NN/N=C(\N)c1cccc(-n2ccc3cc(C=O)cnc32)c1. The van der Waals surface area contributed by atoms with E-state index in [2.05, 4.69) is 15.6 Å². The number of aldehydes is 1. The lowest BCUT2D eigenvalue weighted by Crippen LogP contribution is -2.23. The van der Waals surface area contributed by atoms with Crippen LogP contribution < -0.4 is 17.1 Å². The Balaban J connectivity index is 2.10. The van der Waals surface area contributed by atoms with Crippen molar-refractivity contribution in [3.05, 3.63) is 59.9 Å². The first-order valence-corrected chi connectivity index (χ1v) is 6.55. The summed E-state index contributed by atoms with van der Waals surface area (Å²) in [5, 5.41) is 4.65. The molecule has 0 aliphatic rings. The summed E-state index contributed by atoms with van der Waals surface area (Å²) in [6.45, 7) is 0. The van der Waals surface area contributed by atoms with Gasteiger partial charge in [0.15, 0.2) is 12.1 Å². The number of nitrogens with one attached hydrogen (secondary N) is 1. The third-order valence-electron chi connectivity index (χ3n) is 3.29. The average Bonchev–Trinajstić information content (AvgIpc) is 2.98. The zero-order valence-corrected chi connectivity index (χ0v) is 11.6. The Labute approximate surface area is 126 Å². The molecular weight excluding hydrogens is 280 g/mol. The molecule has 3 rings (SSSR count). The van der Waals surface area contributed by atoms with Crippen molar-refractivity contribution in [1.82, 2.24) is 15.1 Å². The summed E-state index contributed by atoms with van der Waals surface area (Å²) in [6, 6.07) is 11.2. The molecule has 1 aromatic carbocycles. The summed E-state index contributed by atoms with van der Waals surface area (Å²) in [6.07, 6.45) is 4.21. The van der Waals surface area contributed by atoms with Gasteiger partial charge in [0.1, 0.15) is 5.65 Å². The van der Waals surface area contributed by atoms with E-state index in [4.69, 9.17) is 11.6 Å². The van der Waals surface area contributed by atoms with Crippen molar-refractivity contribution in [3.8, 4) is 5.69 Å². The van der Waals surface area contributed by atoms with Gasteiger partial charge in [-0.15, -0.1) is 5.10 Å². The van der Waals surface area contributed by atoms with Gasteiger partial charge in [0, 0.05) is 34.6 Å². The normalized spacial score (nSPS) is 11.6. The third-order valence-corrected chi connectivity index (χ3v) is 3.29. The monoisotopic (exact) mass is 294 g/mol. The molecule has 0 amide bonds. The van der Waals surface area contributed by atoms with Gasteiger partial charge in [0.2, 0.25) is 0 Å². The summed E-state index contributed by atoms with van der Waals surface area (Å²) in [4.78, 5) is 15.2. The first-order valence-electron chi connectivity index (χ1n) is 6.55. The Morgan fingerprint density at radius 2 is 2.18 bits per heavy atom. The molecule has 2 aromatic heterocycles. The molecule has 3 aromatic rings. The second-order valence-electron chi connectivity index (χ2n) is 4.66. The molecule has 110 valence electrons. The number of amidine groups is 1. The number of aromatic nitrogens is 2. The summed E-state index contributed by atoms with van der Waals surface area (Å²) in [5.74, 6) is 5.43. The number of rotatable bonds is 4. The lowest BCUT2D eigenvalue weighted by molar-refractivity contribution is 0.112. The molecule has 0 saturated heterocycles. The summed E-state index contributed by atoms with van der Waals surface area (Å²) < 4.78 is 1.91. The number of hydrazone groups is 1. The van der Waals surface area contributed by atoms with Crippen molar-refractivity contribution in [2.24, 2.45) is 16.7 Å². The highest BCUT2D eigenvalue weighted by Gasteiger charge is 2.07. The quantitative estimate of drug-likeness (QED) is 0.218. The molecule has 5 N–H and O–H groups in total. The predicted octanol–water partition coefficient (Wildman–Crippen LogP) is 0.922. The van der Waals surface area contributed by atoms with Crippen molar-refractivity contribution < 1.29 is 4.79 Å². The second kappa shape index (κ2) is 5.66. The van der Waals surface area contributed by atoms with Gasteiger partial charge in [-0.3, -0.25) is 4.79 Å². The Kier molecular flexibility index (Phi) is 3.55. The number of carbonyl (C=O) groups excluding carboxylic acids is 1. The van der Waals surface area contributed by atoms with Gasteiger partial charge in [0.25, 0.3) is 0 Å². The molecule has 0 radical (unpaired) electrons. The van der Waals surface area contributed by atoms with Crippen LogP contribution in [0.15, 0.2) is 53.9 Å². The molecule has 7 nitrogen and oxygen atoms in total. The van der Waals surface area contributed by atoms with Crippen molar-refractivity contribution in [2.75, 3.05) is 0 Å². The van der Waals surface area contributed by atoms with E-state index in [1.54, 1.807) is 12.3 Å². The maximum absolute atomic E-state index is 10.8. The molecule has 0 spiro atoms. The molecule has 2 heterocycles. The van der Waals surface area contributed by atoms with E-state index in [-0.39, 0.29) is 5.84 Å². The van der Waals surface area contributed by atoms with Gasteiger partial charge in [0.05, 0.1) is 0 Å². The predicted molar refractivity (Wildman–Crippen MR) is 84.5 cm³/mol. The number of nitrogens with two attached hydrogens (primary N) is 2. The molecular formula is C15H14N6O. The van der Waals surface area contributed by atoms with Gasteiger partial charge >= 0.3 is 0 Å². The smallest absolute Gasteiger partial charge is 0.152 e. The Bertz CT molecular complexity index is 867. The van der Waals surface area contributed by atoms with Crippen LogP contribution >= 0.6 is 0 Å². The number of hydrogen-bond donors (Lipinski definition) is 3. The third kappa shape index (κ3) is 2.40. The zero-order valence-electron chi connectivity index (χ0n) is 11.6.